The topological polar surface area (TPSA) is 76.7 Å². The van der Waals surface area contributed by atoms with Crippen LogP contribution in [0.15, 0.2) is 24.3 Å². The van der Waals surface area contributed by atoms with Gasteiger partial charge in [-0.05, 0) is 30.0 Å². The van der Waals surface area contributed by atoms with E-state index in [0.29, 0.717) is 13.1 Å². The Bertz CT molecular complexity index is 464. The molecule has 1 aromatic rings. The van der Waals surface area contributed by atoms with Crippen LogP contribution in [-0.4, -0.2) is 25.3 Å². The number of nitrogens with one attached hydrogen (secondary N) is 2. The number of hydrogen-bond acceptors (Lipinski definition) is 4. The number of unbranched alkanes of at least 4 members (excludes halogenated alkanes) is 2. The van der Waals surface area contributed by atoms with E-state index in [-0.39, 0.29) is 13.2 Å². The molecule has 0 unspecified atom stereocenters. The van der Waals surface area contributed by atoms with Gasteiger partial charge in [0.05, 0.1) is 0 Å². The van der Waals surface area contributed by atoms with Gasteiger partial charge in [0.2, 0.25) is 0 Å². The average molecular weight is 336 g/mol. The van der Waals surface area contributed by atoms with Gasteiger partial charge >= 0.3 is 12.2 Å². The van der Waals surface area contributed by atoms with Crippen LogP contribution in [0, 0.1) is 0 Å². The summed E-state index contributed by atoms with van der Waals surface area (Å²) in [5.74, 6) is 0. The molecule has 0 aromatic heterocycles. The van der Waals surface area contributed by atoms with Crippen molar-refractivity contribution >= 4 is 12.2 Å². The maximum atomic E-state index is 11.5. The van der Waals surface area contributed by atoms with Gasteiger partial charge in [0.25, 0.3) is 0 Å². The van der Waals surface area contributed by atoms with E-state index >= 15 is 0 Å². The van der Waals surface area contributed by atoms with Gasteiger partial charge in [-0.25, -0.2) is 9.59 Å². The lowest BCUT2D eigenvalue weighted by Crippen LogP contribution is -2.25. The molecule has 6 nitrogen and oxygen atoms in total. The highest BCUT2D eigenvalue weighted by Gasteiger charge is 2.05. The van der Waals surface area contributed by atoms with Crippen LogP contribution in [0.3, 0.4) is 0 Å². The molecular formula is C18H28N2O4. The molecule has 0 fully saturated rings. The molecular weight excluding hydrogens is 308 g/mol. The Kier molecular flexibility index (Phi) is 10.1. The highest BCUT2D eigenvalue weighted by molar-refractivity contribution is 5.67. The van der Waals surface area contributed by atoms with E-state index in [1.165, 1.54) is 0 Å². The fourth-order valence-electron chi connectivity index (χ4n) is 1.94. The second-order valence-corrected chi connectivity index (χ2v) is 5.53. The van der Waals surface area contributed by atoms with E-state index in [2.05, 4.69) is 24.5 Å². The number of benzene rings is 1. The molecule has 0 saturated carbocycles. The smallest absolute Gasteiger partial charge is 0.407 e. The summed E-state index contributed by atoms with van der Waals surface area (Å²) in [6.07, 6.45) is 3.08. The summed E-state index contributed by atoms with van der Waals surface area (Å²) in [6, 6.07) is 7.44. The van der Waals surface area contributed by atoms with Gasteiger partial charge in [0.1, 0.15) is 13.2 Å². The molecule has 2 N–H and O–H groups in total. The maximum Gasteiger partial charge on any atom is 0.407 e. The third-order valence-corrected chi connectivity index (χ3v) is 3.33. The van der Waals surface area contributed by atoms with Crippen molar-refractivity contribution < 1.29 is 19.1 Å². The Balaban J connectivity index is 2.32. The number of carbonyl (C=O) groups is 2. The van der Waals surface area contributed by atoms with Gasteiger partial charge in [-0.3, -0.25) is 0 Å². The molecule has 6 heteroatoms. The second-order valence-electron chi connectivity index (χ2n) is 5.53. The van der Waals surface area contributed by atoms with Gasteiger partial charge in [-0.2, -0.15) is 0 Å². The van der Waals surface area contributed by atoms with Crippen LogP contribution >= 0.6 is 0 Å². The van der Waals surface area contributed by atoms with E-state index in [0.717, 1.165) is 36.8 Å². The normalized spacial score (nSPS) is 10.1. The molecule has 0 aliphatic carbocycles. The summed E-state index contributed by atoms with van der Waals surface area (Å²) < 4.78 is 10.3. The van der Waals surface area contributed by atoms with Crippen molar-refractivity contribution in [1.82, 2.24) is 10.6 Å². The number of carbonyl (C=O) groups excluding carboxylic acids is 2. The Morgan fingerprint density at radius 2 is 1.33 bits per heavy atom. The zero-order chi connectivity index (χ0) is 17.6. The van der Waals surface area contributed by atoms with Crippen LogP contribution in [-0.2, 0) is 22.7 Å². The van der Waals surface area contributed by atoms with Crippen LogP contribution in [0.1, 0.15) is 50.7 Å². The average Bonchev–Trinajstić information content (AvgIpc) is 2.59. The molecule has 0 atom stereocenters. The first kappa shape index (κ1) is 19.8. The molecule has 0 saturated heterocycles. The van der Waals surface area contributed by atoms with Crippen molar-refractivity contribution in [2.75, 3.05) is 13.1 Å². The van der Waals surface area contributed by atoms with Gasteiger partial charge < -0.3 is 20.1 Å². The minimum Gasteiger partial charge on any atom is -0.445 e. The first-order valence-corrected chi connectivity index (χ1v) is 8.54. The maximum absolute atomic E-state index is 11.5. The third kappa shape index (κ3) is 9.02. The van der Waals surface area contributed by atoms with E-state index in [4.69, 9.17) is 9.47 Å². The molecule has 0 radical (unpaired) electrons. The van der Waals surface area contributed by atoms with Crippen molar-refractivity contribution in [3.63, 3.8) is 0 Å². The van der Waals surface area contributed by atoms with E-state index in [1.807, 2.05) is 24.3 Å². The second kappa shape index (κ2) is 12.2. The van der Waals surface area contributed by atoms with Crippen molar-refractivity contribution in [2.24, 2.45) is 0 Å². The molecule has 1 aromatic carbocycles. The quantitative estimate of drug-likeness (QED) is 0.638. The van der Waals surface area contributed by atoms with Crippen LogP contribution in [0.4, 0.5) is 9.59 Å². The Morgan fingerprint density at radius 1 is 0.875 bits per heavy atom. The molecule has 0 aliphatic rings. The Labute approximate surface area is 143 Å². The number of hydrogen-bond donors (Lipinski definition) is 2. The Hall–Kier alpha value is -2.24. The molecule has 134 valence electrons. The highest BCUT2D eigenvalue weighted by Crippen LogP contribution is 2.08. The summed E-state index contributed by atoms with van der Waals surface area (Å²) in [7, 11) is 0. The zero-order valence-electron chi connectivity index (χ0n) is 14.6. The fraction of sp³-hybridized carbons (Fsp3) is 0.556. The lowest BCUT2D eigenvalue weighted by Gasteiger charge is -2.09. The van der Waals surface area contributed by atoms with Gasteiger partial charge in [0, 0.05) is 13.1 Å². The van der Waals surface area contributed by atoms with E-state index in [1.54, 1.807) is 0 Å². The lowest BCUT2D eigenvalue weighted by atomic mass is 10.1. The summed E-state index contributed by atoms with van der Waals surface area (Å²) in [5.41, 5.74) is 1.71. The highest BCUT2D eigenvalue weighted by atomic mass is 16.6. The van der Waals surface area contributed by atoms with Crippen LogP contribution in [0.2, 0.25) is 0 Å². The molecule has 1 rings (SSSR count). The lowest BCUT2D eigenvalue weighted by molar-refractivity contribution is 0.138. The van der Waals surface area contributed by atoms with Crippen molar-refractivity contribution in [2.45, 2.75) is 52.7 Å². The largest absolute Gasteiger partial charge is 0.445 e. The van der Waals surface area contributed by atoms with E-state index < -0.39 is 12.2 Å². The molecule has 24 heavy (non-hydrogen) atoms. The predicted octanol–water partition coefficient (Wildman–Crippen LogP) is 3.74. The number of alkyl carbamates (subject to hydrolysis) is 2. The summed E-state index contributed by atoms with van der Waals surface area (Å²) in [4.78, 5) is 23.0. The minimum absolute atomic E-state index is 0.189. The number of rotatable bonds is 10. The molecule has 0 heterocycles. The summed E-state index contributed by atoms with van der Waals surface area (Å²) in [5, 5.41) is 5.39. The van der Waals surface area contributed by atoms with Gasteiger partial charge in [-0.1, -0.05) is 44.9 Å². The van der Waals surface area contributed by atoms with Crippen LogP contribution in [0.25, 0.3) is 0 Å². The summed E-state index contributed by atoms with van der Waals surface area (Å²) >= 11 is 0. The summed E-state index contributed by atoms with van der Waals surface area (Å²) in [6.45, 7) is 5.74. The van der Waals surface area contributed by atoms with Crippen molar-refractivity contribution in [1.29, 1.82) is 0 Å². The van der Waals surface area contributed by atoms with Crippen LogP contribution in [0.5, 0.6) is 0 Å². The van der Waals surface area contributed by atoms with Gasteiger partial charge in [0.15, 0.2) is 0 Å². The first-order chi connectivity index (χ1) is 11.7. The van der Waals surface area contributed by atoms with Crippen LogP contribution < -0.4 is 10.6 Å². The van der Waals surface area contributed by atoms with Crippen molar-refractivity contribution in [3.05, 3.63) is 35.4 Å². The third-order valence-electron chi connectivity index (χ3n) is 3.33. The van der Waals surface area contributed by atoms with E-state index in [9.17, 15) is 9.59 Å². The number of amides is 2. The minimum atomic E-state index is -0.416. The van der Waals surface area contributed by atoms with Crippen molar-refractivity contribution in [3.8, 4) is 0 Å². The standard InChI is InChI=1S/C18H28N2O4/c1-3-5-10-19-17(21)23-13-15-8-7-9-16(12-15)14-24-18(22)20-11-6-4-2/h7-9,12H,3-6,10-11,13-14H2,1-2H3,(H,19,21)(H,20,22). The Morgan fingerprint density at radius 3 is 1.75 bits per heavy atom. The number of ether oxygens (including phenoxy) is 2. The fourth-order valence-corrected chi connectivity index (χ4v) is 1.94. The molecule has 2 amide bonds. The van der Waals surface area contributed by atoms with Gasteiger partial charge in [-0.15, -0.1) is 0 Å². The SMILES string of the molecule is CCCCNC(=O)OCc1cccc(COC(=O)NCCCC)c1. The monoisotopic (exact) mass is 336 g/mol. The molecule has 0 bridgehead atoms. The molecule has 0 aliphatic heterocycles. The predicted molar refractivity (Wildman–Crippen MR) is 92.6 cm³/mol. The first-order valence-electron chi connectivity index (χ1n) is 8.54. The zero-order valence-corrected chi connectivity index (χ0v) is 14.6. The molecule has 0 spiro atoms.